The second-order valence-electron chi connectivity index (χ2n) is 4.27. The molecule has 1 aliphatic heterocycles. The molecule has 0 radical (unpaired) electrons. The van der Waals surface area contributed by atoms with E-state index in [0.717, 1.165) is 23.9 Å². The molecule has 0 saturated carbocycles. The summed E-state index contributed by atoms with van der Waals surface area (Å²) in [5, 5.41) is 8.85. The Kier molecular flexibility index (Phi) is 3.81. The fraction of sp³-hybridized carbons (Fsp3) is 0.545. The lowest BCUT2D eigenvalue weighted by molar-refractivity contribution is 0.112. The first-order chi connectivity index (χ1) is 8.60. The number of nitrogens with zero attached hydrogens (tertiary/aromatic N) is 3. The lowest BCUT2D eigenvalue weighted by Gasteiger charge is -2.27. The summed E-state index contributed by atoms with van der Waals surface area (Å²) in [5.74, 6) is 0. The molecule has 2 rings (SSSR count). The first kappa shape index (κ1) is 12.8. The average Bonchev–Trinajstić information content (AvgIpc) is 2.71. The van der Waals surface area contributed by atoms with Crippen LogP contribution in [-0.4, -0.2) is 46.1 Å². The van der Waals surface area contributed by atoms with E-state index >= 15 is 0 Å². The first-order valence-corrected chi connectivity index (χ1v) is 6.55. The molecule has 1 N–H and O–H groups in total. The van der Waals surface area contributed by atoms with Crippen molar-refractivity contribution in [1.29, 1.82) is 0 Å². The normalized spacial score (nSPS) is 18.1. The summed E-state index contributed by atoms with van der Waals surface area (Å²) in [6, 6.07) is 0.143. The second kappa shape index (κ2) is 5.34. The largest absolute Gasteiger partial charge is 0.465 e. The van der Waals surface area contributed by atoms with Gasteiger partial charge in [-0.1, -0.05) is 11.3 Å². The third kappa shape index (κ3) is 2.79. The van der Waals surface area contributed by atoms with Gasteiger partial charge in [-0.25, -0.2) is 4.79 Å². The highest BCUT2D eigenvalue weighted by Gasteiger charge is 2.21. The van der Waals surface area contributed by atoms with Gasteiger partial charge in [0.1, 0.15) is 0 Å². The number of carboxylic acid groups (broad SMARTS) is 1. The number of hydrogen-bond donors (Lipinski definition) is 1. The van der Waals surface area contributed by atoms with Gasteiger partial charge in [0.25, 0.3) is 0 Å². The summed E-state index contributed by atoms with van der Waals surface area (Å²) < 4.78 is 1.83. The van der Waals surface area contributed by atoms with Gasteiger partial charge in [0, 0.05) is 26.3 Å². The molecule has 1 aromatic rings. The Morgan fingerprint density at radius 3 is 2.72 bits per heavy atom. The van der Waals surface area contributed by atoms with Crippen molar-refractivity contribution < 1.29 is 14.7 Å². The predicted octanol–water partition coefficient (Wildman–Crippen LogP) is 0.942. The van der Waals surface area contributed by atoms with Crippen LogP contribution in [0, 0.1) is 0 Å². The van der Waals surface area contributed by atoms with Crippen LogP contribution in [-0.2, 0) is 7.05 Å². The average molecular weight is 269 g/mol. The summed E-state index contributed by atoms with van der Waals surface area (Å²) >= 11 is 1.36. The molecule has 0 aromatic carbocycles. The minimum Gasteiger partial charge on any atom is -0.465 e. The summed E-state index contributed by atoms with van der Waals surface area (Å²) in [4.78, 5) is 28.9. The van der Waals surface area contributed by atoms with Crippen molar-refractivity contribution in [2.45, 2.75) is 18.9 Å². The Morgan fingerprint density at radius 2 is 2.22 bits per heavy atom. The third-order valence-corrected chi connectivity index (χ3v) is 3.99. The van der Waals surface area contributed by atoms with Crippen molar-refractivity contribution in [3.05, 3.63) is 15.9 Å². The van der Waals surface area contributed by atoms with Crippen molar-refractivity contribution in [3.63, 3.8) is 0 Å². The van der Waals surface area contributed by atoms with Gasteiger partial charge in [-0.15, -0.1) is 0 Å². The van der Waals surface area contributed by atoms with Gasteiger partial charge < -0.3 is 14.6 Å². The number of aldehydes is 1. The quantitative estimate of drug-likeness (QED) is 0.812. The molecule has 1 fully saturated rings. The van der Waals surface area contributed by atoms with Gasteiger partial charge in [0.05, 0.1) is 10.9 Å². The zero-order valence-corrected chi connectivity index (χ0v) is 10.9. The third-order valence-electron chi connectivity index (χ3n) is 2.98. The van der Waals surface area contributed by atoms with E-state index in [0.29, 0.717) is 18.0 Å². The van der Waals surface area contributed by atoms with Crippen LogP contribution >= 0.6 is 11.3 Å². The summed E-state index contributed by atoms with van der Waals surface area (Å²) in [5.41, 5.74) is 0. The van der Waals surface area contributed by atoms with Crippen LogP contribution in [0.1, 0.15) is 22.5 Å². The van der Waals surface area contributed by atoms with Gasteiger partial charge in [0.15, 0.2) is 11.1 Å². The molecule has 7 heteroatoms. The lowest BCUT2D eigenvalue weighted by Crippen LogP contribution is -2.39. The SMILES string of the molecule is Cn1cc(C=O)sc1=NC1CCN(C(=O)O)CC1. The van der Waals surface area contributed by atoms with E-state index in [1.807, 2.05) is 11.6 Å². The monoisotopic (exact) mass is 269 g/mol. The Morgan fingerprint density at radius 1 is 1.56 bits per heavy atom. The lowest BCUT2D eigenvalue weighted by atomic mass is 10.1. The molecule has 98 valence electrons. The van der Waals surface area contributed by atoms with Gasteiger partial charge >= 0.3 is 6.09 Å². The molecule has 0 bridgehead atoms. The molecular formula is C11H15N3O3S. The molecular weight excluding hydrogens is 254 g/mol. The van der Waals surface area contributed by atoms with Crippen LogP contribution in [0.25, 0.3) is 0 Å². The van der Waals surface area contributed by atoms with E-state index in [2.05, 4.69) is 4.99 Å². The van der Waals surface area contributed by atoms with Gasteiger partial charge in [-0.3, -0.25) is 9.79 Å². The fourth-order valence-electron chi connectivity index (χ4n) is 1.96. The standard InChI is InChI=1S/C11H15N3O3S/c1-13-6-9(7-15)18-10(13)12-8-2-4-14(5-3-8)11(16)17/h6-8H,2-5H2,1H3,(H,16,17). The molecule has 0 spiro atoms. The van der Waals surface area contributed by atoms with E-state index in [4.69, 9.17) is 5.11 Å². The molecule has 1 saturated heterocycles. The highest BCUT2D eigenvalue weighted by molar-refractivity contribution is 7.10. The minimum atomic E-state index is -0.863. The van der Waals surface area contributed by atoms with Crippen molar-refractivity contribution >= 4 is 23.7 Å². The Labute approximate surface area is 108 Å². The van der Waals surface area contributed by atoms with Gasteiger partial charge in [-0.05, 0) is 12.8 Å². The Hall–Kier alpha value is -1.63. The van der Waals surface area contributed by atoms with Crippen LogP contribution in [0.5, 0.6) is 0 Å². The number of hydrogen-bond acceptors (Lipinski definition) is 4. The summed E-state index contributed by atoms with van der Waals surface area (Å²) in [6.07, 6.45) is 3.18. The van der Waals surface area contributed by atoms with Crippen molar-refractivity contribution in [3.8, 4) is 0 Å². The highest BCUT2D eigenvalue weighted by atomic mass is 32.1. The van der Waals surface area contributed by atoms with E-state index in [-0.39, 0.29) is 6.04 Å². The number of piperidine rings is 1. The molecule has 2 heterocycles. The molecule has 0 atom stereocenters. The maximum atomic E-state index is 10.8. The number of carbonyl (C=O) groups is 2. The molecule has 0 aliphatic carbocycles. The molecule has 0 unspecified atom stereocenters. The molecule has 1 aromatic heterocycles. The molecule has 6 nitrogen and oxygen atoms in total. The highest BCUT2D eigenvalue weighted by Crippen LogP contribution is 2.13. The minimum absolute atomic E-state index is 0.143. The van der Waals surface area contributed by atoms with Gasteiger partial charge in [-0.2, -0.15) is 0 Å². The smallest absolute Gasteiger partial charge is 0.407 e. The maximum Gasteiger partial charge on any atom is 0.407 e. The Balaban J connectivity index is 2.08. The van der Waals surface area contributed by atoms with Gasteiger partial charge in [0.2, 0.25) is 0 Å². The summed E-state index contributed by atoms with van der Waals surface area (Å²) in [6.45, 7) is 1.05. The summed E-state index contributed by atoms with van der Waals surface area (Å²) in [7, 11) is 1.86. The van der Waals surface area contributed by atoms with Crippen molar-refractivity contribution in [2.24, 2.45) is 12.0 Å². The van der Waals surface area contributed by atoms with E-state index < -0.39 is 6.09 Å². The number of aryl methyl sites for hydroxylation is 1. The van der Waals surface area contributed by atoms with Crippen LogP contribution in [0.3, 0.4) is 0 Å². The first-order valence-electron chi connectivity index (χ1n) is 5.73. The topological polar surface area (TPSA) is 74.9 Å². The predicted molar refractivity (Wildman–Crippen MR) is 66.9 cm³/mol. The molecule has 1 aliphatic rings. The zero-order valence-electron chi connectivity index (χ0n) is 10.1. The van der Waals surface area contributed by atoms with E-state index in [1.54, 1.807) is 6.20 Å². The number of carbonyl (C=O) groups excluding carboxylic acids is 1. The second-order valence-corrected chi connectivity index (χ2v) is 5.32. The van der Waals surface area contributed by atoms with Crippen molar-refractivity contribution in [1.82, 2.24) is 9.47 Å². The number of aromatic nitrogens is 1. The zero-order chi connectivity index (χ0) is 13.1. The van der Waals surface area contributed by atoms with Crippen LogP contribution in [0.15, 0.2) is 11.2 Å². The number of rotatable bonds is 2. The Bertz CT molecular complexity index is 512. The van der Waals surface area contributed by atoms with Crippen LogP contribution in [0.4, 0.5) is 4.79 Å². The number of likely N-dealkylation sites (tertiary alicyclic amines) is 1. The van der Waals surface area contributed by atoms with Crippen molar-refractivity contribution in [2.75, 3.05) is 13.1 Å². The maximum absolute atomic E-state index is 10.8. The van der Waals surface area contributed by atoms with Crippen LogP contribution < -0.4 is 4.80 Å². The van der Waals surface area contributed by atoms with E-state index in [9.17, 15) is 9.59 Å². The fourth-order valence-corrected chi connectivity index (χ4v) is 2.83. The number of amides is 1. The molecule has 1 amide bonds. The molecule has 18 heavy (non-hydrogen) atoms. The number of thiazole rings is 1. The van der Waals surface area contributed by atoms with Crippen LogP contribution in [0.2, 0.25) is 0 Å². The van der Waals surface area contributed by atoms with E-state index in [1.165, 1.54) is 16.2 Å².